The van der Waals surface area contributed by atoms with Gasteiger partial charge in [0, 0.05) is 26.1 Å². The Morgan fingerprint density at radius 1 is 1.21 bits per heavy atom. The average Bonchev–Trinajstić information content (AvgIpc) is 3.15. The molecule has 2 aliphatic rings. The molecule has 2 heterocycles. The molecule has 0 bridgehead atoms. The summed E-state index contributed by atoms with van der Waals surface area (Å²) in [6.07, 6.45) is 5.86. The molecule has 3 rings (SSSR count). The van der Waals surface area contributed by atoms with Crippen LogP contribution in [0.1, 0.15) is 44.2 Å². The van der Waals surface area contributed by atoms with Gasteiger partial charge in [-0.05, 0) is 75.4 Å². The standard InChI is InChI=1S/C22H36N4O.HI/c1-3-12-26-13-8-19(9-14-26)17-25-22(23-4-2)24-11-7-18-5-6-21-20(16-18)10-15-27-21;/h5-6,16,19H,3-4,7-15,17H2,1-2H3,(H2,23,24,25);1H. The number of halogens is 1. The Morgan fingerprint density at radius 3 is 2.79 bits per heavy atom. The number of benzene rings is 1. The first kappa shape index (κ1) is 23.3. The van der Waals surface area contributed by atoms with Crippen molar-refractivity contribution in [3.05, 3.63) is 29.3 Å². The number of nitrogens with one attached hydrogen (secondary N) is 2. The van der Waals surface area contributed by atoms with Crippen LogP contribution in [0.25, 0.3) is 0 Å². The van der Waals surface area contributed by atoms with Crippen molar-refractivity contribution in [3.8, 4) is 5.75 Å². The topological polar surface area (TPSA) is 48.9 Å². The third kappa shape index (κ3) is 7.10. The Morgan fingerprint density at radius 2 is 2.04 bits per heavy atom. The highest BCUT2D eigenvalue weighted by Crippen LogP contribution is 2.25. The van der Waals surface area contributed by atoms with Crippen LogP contribution < -0.4 is 15.4 Å². The summed E-state index contributed by atoms with van der Waals surface area (Å²) in [4.78, 5) is 7.44. The largest absolute Gasteiger partial charge is 0.493 e. The van der Waals surface area contributed by atoms with Gasteiger partial charge in [0.15, 0.2) is 5.96 Å². The first-order valence-corrected chi connectivity index (χ1v) is 10.8. The minimum atomic E-state index is 0. The second-order valence-corrected chi connectivity index (χ2v) is 7.72. The van der Waals surface area contributed by atoms with Gasteiger partial charge in [0.2, 0.25) is 0 Å². The zero-order valence-electron chi connectivity index (χ0n) is 17.5. The molecular formula is C22H37IN4O. The Hall–Kier alpha value is -1.02. The number of hydrogen-bond acceptors (Lipinski definition) is 3. The molecule has 0 atom stereocenters. The molecule has 158 valence electrons. The fourth-order valence-electron chi connectivity index (χ4n) is 3.99. The van der Waals surface area contributed by atoms with E-state index >= 15 is 0 Å². The van der Waals surface area contributed by atoms with Gasteiger partial charge in [0.05, 0.1) is 6.61 Å². The number of rotatable bonds is 8. The van der Waals surface area contributed by atoms with E-state index in [0.29, 0.717) is 0 Å². The highest BCUT2D eigenvalue weighted by atomic mass is 127. The first-order valence-electron chi connectivity index (χ1n) is 10.8. The van der Waals surface area contributed by atoms with Crippen molar-refractivity contribution in [1.29, 1.82) is 0 Å². The molecule has 0 amide bonds. The van der Waals surface area contributed by atoms with Gasteiger partial charge in [-0.25, -0.2) is 0 Å². The van der Waals surface area contributed by atoms with Gasteiger partial charge < -0.3 is 20.3 Å². The second kappa shape index (κ2) is 12.5. The summed E-state index contributed by atoms with van der Waals surface area (Å²) < 4.78 is 5.59. The lowest BCUT2D eigenvalue weighted by Crippen LogP contribution is -2.39. The van der Waals surface area contributed by atoms with Gasteiger partial charge in [0.25, 0.3) is 0 Å². The van der Waals surface area contributed by atoms with E-state index in [9.17, 15) is 0 Å². The molecule has 28 heavy (non-hydrogen) atoms. The monoisotopic (exact) mass is 500 g/mol. The molecular weight excluding hydrogens is 463 g/mol. The lowest BCUT2D eigenvalue weighted by molar-refractivity contribution is 0.188. The van der Waals surface area contributed by atoms with Crippen LogP contribution in [0.4, 0.5) is 0 Å². The van der Waals surface area contributed by atoms with Gasteiger partial charge in [-0.1, -0.05) is 19.1 Å². The van der Waals surface area contributed by atoms with Crippen molar-refractivity contribution in [1.82, 2.24) is 15.5 Å². The quantitative estimate of drug-likeness (QED) is 0.326. The van der Waals surface area contributed by atoms with E-state index in [1.807, 2.05) is 0 Å². The van der Waals surface area contributed by atoms with Gasteiger partial charge in [-0.15, -0.1) is 24.0 Å². The number of piperidine rings is 1. The van der Waals surface area contributed by atoms with E-state index in [2.05, 4.69) is 47.6 Å². The summed E-state index contributed by atoms with van der Waals surface area (Å²) >= 11 is 0. The van der Waals surface area contributed by atoms with E-state index in [1.165, 1.54) is 50.0 Å². The fourth-order valence-corrected chi connectivity index (χ4v) is 3.99. The minimum absolute atomic E-state index is 0. The molecule has 1 fully saturated rings. The van der Waals surface area contributed by atoms with Gasteiger partial charge in [-0.2, -0.15) is 0 Å². The van der Waals surface area contributed by atoms with E-state index in [4.69, 9.17) is 9.73 Å². The van der Waals surface area contributed by atoms with Gasteiger partial charge in [-0.3, -0.25) is 4.99 Å². The second-order valence-electron chi connectivity index (χ2n) is 7.72. The molecule has 0 radical (unpaired) electrons. The van der Waals surface area contributed by atoms with Crippen LogP contribution in [0, 0.1) is 5.92 Å². The molecule has 0 spiro atoms. The molecule has 1 aromatic rings. The predicted octanol–water partition coefficient (Wildman–Crippen LogP) is 3.46. The number of likely N-dealkylation sites (tertiary alicyclic amines) is 1. The van der Waals surface area contributed by atoms with Crippen LogP contribution >= 0.6 is 24.0 Å². The number of nitrogens with zero attached hydrogens (tertiary/aromatic N) is 2. The molecule has 2 N–H and O–H groups in total. The molecule has 6 heteroatoms. The number of guanidine groups is 1. The van der Waals surface area contributed by atoms with E-state index in [-0.39, 0.29) is 24.0 Å². The van der Waals surface area contributed by atoms with Crippen LogP contribution in [-0.2, 0) is 12.8 Å². The summed E-state index contributed by atoms with van der Waals surface area (Å²) in [6.45, 7) is 11.7. The number of aliphatic imine (C=N–C) groups is 1. The lowest BCUT2D eigenvalue weighted by atomic mass is 9.97. The van der Waals surface area contributed by atoms with Crippen LogP contribution in [0.15, 0.2) is 23.2 Å². The average molecular weight is 500 g/mol. The Kier molecular flexibility index (Phi) is 10.4. The normalized spacial score (nSPS) is 17.6. The highest BCUT2D eigenvalue weighted by Gasteiger charge is 2.18. The summed E-state index contributed by atoms with van der Waals surface area (Å²) in [6, 6.07) is 6.58. The van der Waals surface area contributed by atoms with Crippen molar-refractivity contribution in [2.24, 2.45) is 10.9 Å². The third-order valence-corrected chi connectivity index (χ3v) is 5.56. The van der Waals surface area contributed by atoms with Crippen LogP contribution in [0.2, 0.25) is 0 Å². The molecule has 0 unspecified atom stereocenters. The van der Waals surface area contributed by atoms with Crippen LogP contribution in [0.3, 0.4) is 0 Å². The summed E-state index contributed by atoms with van der Waals surface area (Å²) in [5, 5.41) is 6.89. The van der Waals surface area contributed by atoms with Crippen molar-refractivity contribution >= 4 is 29.9 Å². The zero-order valence-corrected chi connectivity index (χ0v) is 19.8. The Bertz CT molecular complexity index is 615. The maximum Gasteiger partial charge on any atom is 0.191 e. The first-order chi connectivity index (χ1) is 13.3. The molecule has 5 nitrogen and oxygen atoms in total. The number of fused-ring (bicyclic) bond motifs is 1. The molecule has 0 aliphatic carbocycles. The van der Waals surface area contributed by atoms with Gasteiger partial charge in [0.1, 0.15) is 5.75 Å². The number of ether oxygens (including phenoxy) is 1. The lowest BCUT2D eigenvalue weighted by Gasteiger charge is -2.31. The molecule has 0 aromatic heterocycles. The Labute approximate surface area is 187 Å². The van der Waals surface area contributed by atoms with Crippen LogP contribution in [0.5, 0.6) is 5.75 Å². The summed E-state index contributed by atoms with van der Waals surface area (Å²) in [7, 11) is 0. The fraction of sp³-hybridized carbons (Fsp3) is 0.682. The highest BCUT2D eigenvalue weighted by molar-refractivity contribution is 14.0. The van der Waals surface area contributed by atoms with Crippen LogP contribution in [-0.4, -0.2) is 56.7 Å². The maximum absolute atomic E-state index is 5.59. The maximum atomic E-state index is 5.59. The van der Waals surface area contributed by atoms with Crippen molar-refractivity contribution in [3.63, 3.8) is 0 Å². The van der Waals surface area contributed by atoms with Crippen molar-refractivity contribution in [2.45, 2.75) is 46.0 Å². The predicted molar refractivity (Wildman–Crippen MR) is 128 cm³/mol. The smallest absolute Gasteiger partial charge is 0.191 e. The van der Waals surface area contributed by atoms with Crippen molar-refractivity contribution < 1.29 is 4.74 Å². The minimum Gasteiger partial charge on any atom is -0.493 e. The van der Waals surface area contributed by atoms with E-state index in [1.54, 1.807) is 0 Å². The van der Waals surface area contributed by atoms with Crippen molar-refractivity contribution in [2.75, 3.05) is 45.9 Å². The molecule has 1 saturated heterocycles. The molecule has 1 aromatic carbocycles. The third-order valence-electron chi connectivity index (χ3n) is 5.56. The SMILES string of the molecule is CCCN1CCC(CN=C(NCC)NCCc2ccc3c(c2)CCO3)CC1.I. The van der Waals surface area contributed by atoms with E-state index < -0.39 is 0 Å². The van der Waals surface area contributed by atoms with E-state index in [0.717, 1.165) is 56.7 Å². The molecule has 2 aliphatic heterocycles. The van der Waals surface area contributed by atoms with Gasteiger partial charge >= 0.3 is 0 Å². The summed E-state index contributed by atoms with van der Waals surface area (Å²) in [5.41, 5.74) is 2.72. The summed E-state index contributed by atoms with van der Waals surface area (Å²) in [5.74, 6) is 2.75. The zero-order chi connectivity index (χ0) is 18.9. The molecule has 0 saturated carbocycles. The number of hydrogen-bond donors (Lipinski definition) is 2. The Balaban J connectivity index is 0.00000280.